The Kier molecular flexibility index (Phi) is 5.00. The van der Waals surface area contributed by atoms with Crippen LogP contribution in [-0.2, 0) is 0 Å². The highest BCUT2D eigenvalue weighted by molar-refractivity contribution is 5.47. The van der Waals surface area contributed by atoms with Gasteiger partial charge in [-0.1, -0.05) is 73.6 Å². The fourth-order valence-electron chi connectivity index (χ4n) is 3.07. The number of allylic oxidation sites excluding steroid dienone is 11. The third-order valence-electron chi connectivity index (χ3n) is 4.61. The first-order chi connectivity index (χ1) is 9.68. The predicted octanol–water partition coefficient (Wildman–Crippen LogP) is 6.07. The third-order valence-corrected chi connectivity index (χ3v) is 4.61. The summed E-state index contributed by atoms with van der Waals surface area (Å²) in [6.45, 7) is 8.75. The van der Waals surface area contributed by atoms with Crippen LogP contribution in [0.3, 0.4) is 0 Å². The van der Waals surface area contributed by atoms with Crippen LogP contribution >= 0.6 is 0 Å². The SMILES string of the molecule is C=C1C(=C\C/C(C)=C\C)/C=C/C=C\C=C\C12CCCC2. The molecule has 0 aromatic heterocycles. The van der Waals surface area contributed by atoms with E-state index in [1.54, 1.807) is 0 Å². The summed E-state index contributed by atoms with van der Waals surface area (Å²) in [7, 11) is 0. The second-order valence-electron chi connectivity index (χ2n) is 5.94. The van der Waals surface area contributed by atoms with Crippen molar-refractivity contribution >= 4 is 0 Å². The lowest BCUT2D eigenvalue weighted by molar-refractivity contribution is 0.488. The highest BCUT2D eigenvalue weighted by Gasteiger charge is 2.34. The van der Waals surface area contributed by atoms with Gasteiger partial charge >= 0.3 is 0 Å². The molecule has 20 heavy (non-hydrogen) atoms. The Labute approximate surface area is 124 Å². The maximum absolute atomic E-state index is 4.46. The first kappa shape index (κ1) is 14.8. The van der Waals surface area contributed by atoms with Crippen LogP contribution in [0.1, 0.15) is 46.0 Å². The zero-order valence-corrected chi connectivity index (χ0v) is 12.9. The van der Waals surface area contributed by atoms with Gasteiger partial charge in [0.25, 0.3) is 0 Å². The van der Waals surface area contributed by atoms with E-state index in [2.05, 4.69) is 69.0 Å². The Bertz CT molecular complexity index is 500. The van der Waals surface area contributed by atoms with Gasteiger partial charge in [0.1, 0.15) is 0 Å². The second-order valence-corrected chi connectivity index (χ2v) is 5.94. The molecule has 2 aliphatic rings. The van der Waals surface area contributed by atoms with Crippen molar-refractivity contribution in [2.75, 3.05) is 0 Å². The van der Waals surface area contributed by atoms with Gasteiger partial charge in [0.15, 0.2) is 0 Å². The summed E-state index contributed by atoms with van der Waals surface area (Å²) < 4.78 is 0. The largest absolute Gasteiger partial charge is 0.0944 e. The molecule has 0 amide bonds. The summed E-state index contributed by atoms with van der Waals surface area (Å²) in [6, 6.07) is 0. The normalized spacial score (nSPS) is 29.0. The van der Waals surface area contributed by atoms with Gasteiger partial charge in [0, 0.05) is 5.41 Å². The molecule has 0 nitrogen and oxygen atoms in total. The molecule has 0 aliphatic heterocycles. The van der Waals surface area contributed by atoms with E-state index in [0.717, 1.165) is 6.42 Å². The standard InChI is InChI=1S/C20H26/c1-4-17(2)12-13-19-11-7-5-6-8-14-20(18(19)3)15-9-10-16-20/h4-8,11,13-14H,3,9-10,12,15-16H2,1-2H3/b6-5-,11-7+,14-8+,17-4-,19-13-. The quantitative estimate of drug-likeness (QED) is 0.532. The summed E-state index contributed by atoms with van der Waals surface area (Å²) >= 11 is 0. The van der Waals surface area contributed by atoms with Crippen LogP contribution in [0.5, 0.6) is 0 Å². The van der Waals surface area contributed by atoms with Gasteiger partial charge in [-0.3, -0.25) is 0 Å². The lowest BCUT2D eigenvalue weighted by atomic mass is 9.75. The van der Waals surface area contributed by atoms with Crippen LogP contribution in [0.15, 0.2) is 71.9 Å². The zero-order chi connectivity index (χ0) is 14.4. The van der Waals surface area contributed by atoms with Crippen molar-refractivity contribution in [3.8, 4) is 0 Å². The summed E-state index contributed by atoms with van der Waals surface area (Å²) in [5, 5.41) is 0. The summed E-state index contributed by atoms with van der Waals surface area (Å²) in [5.74, 6) is 0. The van der Waals surface area contributed by atoms with Gasteiger partial charge in [-0.2, -0.15) is 0 Å². The number of hydrogen-bond acceptors (Lipinski definition) is 0. The van der Waals surface area contributed by atoms with Gasteiger partial charge in [0.05, 0.1) is 0 Å². The Morgan fingerprint density at radius 2 is 1.90 bits per heavy atom. The molecule has 0 bridgehead atoms. The number of rotatable bonds is 2. The smallest absolute Gasteiger partial charge is 0.0135 e. The molecule has 1 spiro atoms. The molecule has 0 atom stereocenters. The molecule has 1 fully saturated rings. The van der Waals surface area contributed by atoms with E-state index < -0.39 is 0 Å². The Hall–Kier alpha value is -1.56. The summed E-state index contributed by atoms with van der Waals surface area (Å²) in [6.07, 6.45) is 23.8. The Morgan fingerprint density at radius 3 is 2.60 bits per heavy atom. The second kappa shape index (κ2) is 6.74. The first-order valence-electron chi connectivity index (χ1n) is 7.72. The van der Waals surface area contributed by atoms with E-state index in [4.69, 9.17) is 0 Å². The zero-order valence-electron chi connectivity index (χ0n) is 12.9. The van der Waals surface area contributed by atoms with Crippen LogP contribution in [0, 0.1) is 5.41 Å². The molecule has 0 unspecified atom stereocenters. The van der Waals surface area contributed by atoms with Gasteiger partial charge in [-0.05, 0) is 44.3 Å². The molecular weight excluding hydrogens is 240 g/mol. The Balaban J connectivity index is 2.34. The lowest BCUT2D eigenvalue weighted by Crippen LogP contribution is -2.16. The maximum atomic E-state index is 4.46. The number of hydrogen-bond donors (Lipinski definition) is 0. The van der Waals surface area contributed by atoms with E-state index in [9.17, 15) is 0 Å². The molecular formula is C20H26. The maximum Gasteiger partial charge on any atom is 0.0135 e. The molecule has 0 heterocycles. The molecule has 106 valence electrons. The van der Waals surface area contributed by atoms with Crippen LogP contribution in [-0.4, -0.2) is 0 Å². The minimum atomic E-state index is 0.189. The monoisotopic (exact) mass is 266 g/mol. The fourth-order valence-corrected chi connectivity index (χ4v) is 3.07. The van der Waals surface area contributed by atoms with Gasteiger partial charge in [-0.15, -0.1) is 0 Å². The van der Waals surface area contributed by atoms with Crippen molar-refractivity contribution in [2.45, 2.75) is 46.0 Å². The highest BCUT2D eigenvalue weighted by Crippen LogP contribution is 2.47. The van der Waals surface area contributed by atoms with E-state index in [1.807, 2.05) is 0 Å². The molecule has 0 saturated heterocycles. The minimum Gasteiger partial charge on any atom is -0.0944 e. The van der Waals surface area contributed by atoms with Crippen LogP contribution < -0.4 is 0 Å². The van der Waals surface area contributed by atoms with Gasteiger partial charge < -0.3 is 0 Å². The average molecular weight is 266 g/mol. The van der Waals surface area contributed by atoms with Crippen molar-refractivity contribution in [1.82, 2.24) is 0 Å². The van der Waals surface area contributed by atoms with Gasteiger partial charge in [-0.25, -0.2) is 0 Å². The van der Waals surface area contributed by atoms with Crippen molar-refractivity contribution in [1.29, 1.82) is 0 Å². The molecule has 0 aromatic rings. The van der Waals surface area contributed by atoms with Crippen LogP contribution in [0.2, 0.25) is 0 Å². The molecule has 0 N–H and O–H groups in total. The van der Waals surface area contributed by atoms with Crippen molar-refractivity contribution < 1.29 is 0 Å². The average Bonchev–Trinajstić information content (AvgIpc) is 2.95. The van der Waals surface area contributed by atoms with Crippen molar-refractivity contribution in [2.24, 2.45) is 5.41 Å². The molecule has 1 saturated carbocycles. The van der Waals surface area contributed by atoms with E-state index in [1.165, 1.54) is 42.4 Å². The first-order valence-corrected chi connectivity index (χ1v) is 7.72. The lowest BCUT2D eigenvalue weighted by Gasteiger charge is -2.29. The molecule has 0 aromatic carbocycles. The van der Waals surface area contributed by atoms with Crippen LogP contribution in [0.4, 0.5) is 0 Å². The molecule has 2 aliphatic carbocycles. The topological polar surface area (TPSA) is 0 Å². The van der Waals surface area contributed by atoms with E-state index in [0.29, 0.717) is 0 Å². The molecule has 0 radical (unpaired) electrons. The fraction of sp³-hybridized carbons (Fsp3) is 0.400. The highest BCUT2D eigenvalue weighted by atomic mass is 14.4. The minimum absolute atomic E-state index is 0.189. The molecule has 2 rings (SSSR count). The van der Waals surface area contributed by atoms with Crippen molar-refractivity contribution in [3.05, 3.63) is 71.9 Å². The molecule has 0 heteroatoms. The Morgan fingerprint density at radius 1 is 1.20 bits per heavy atom. The summed E-state index contributed by atoms with van der Waals surface area (Å²) in [5.41, 5.74) is 4.21. The predicted molar refractivity (Wildman–Crippen MR) is 89.6 cm³/mol. The van der Waals surface area contributed by atoms with Gasteiger partial charge in [0.2, 0.25) is 0 Å². The van der Waals surface area contributed by atoms with E-state index >= 15 is 0 Å². The van der Waals surface area contributed by atoms with Crippen LogP contribution in [0.25, 0.3) is 0 Å². The van der Waals surface area contributed by atoms with Crippen molar-refractivity contribution in [3.63, 3.8) is 0 Å². The summed E-state index contributed by atoms with van der Waals surface area (Å²) in [4.78, 5) is 0. The third kappa shape index (κ3) is 3.30. The van der Waals surface area contributed by atoms with E-state index in [-0.39, 0.29) is 5.41 Å².